The van der Waals surface area contributed by atoms with Gasteiger partial charge < -0.3 is 9.47 Å². The van der Waals surface area contributed by atoms with E-state index in [9.17, 15) is 0 Å². The molecule has 0 aliphatic carbocycles. The summed E-state index contributed by atoms with van der Waals surface area (Å²) >= 11 is 0. The average Bonchev–Trinajstić information content (AvgIpc) is 3.72. The van der Waals surface area contributed by atoms with Crippen molar-refractivity contribution in [1.82, 2.24) is 4.90 Å². The SMILES string of the molecule is CCCCCCCCCCCCC(CCCCCCCCCC)COc1cc(OCC(CCCCCCCCCC)CCCCCCCCCCCC)cc(C2C=CCN2C)c1. The Morgan fingerprint density at radius 1 is 0.403 bits per heavy atom. The standard InChI is InChI=1S/C59H109NO2/c1-6-10-14-18-22-26-28-32-36-40-45-54(43-38-34-30-24-20-16-12-8-3)52-61-57-49-56(59-47-42-48-60(59)5)50-58(51-57)62-53-55(44-39-35-31-25-21-17-13-9-4)46-41-37-33-29-27-23-19-15-11-7-2/h42,47,49-51,54-55,59H,6-41,43-46,48,52-53H2,1-5H3. The van der Waals surface area contributed by atoms with Crippen LogP contribution in [0.1, 0.15) is 296 Å². The van der Waals surface area contributed by atoms with Gasteiger partial charge in [0.25, 0.3) is 0 Å². The molecule has 3 atom stereocenters. The molecule has 362 valence electrons. The number of ether oxygens (including phenoxy) is 2. The van der Waals surface area contributed by atoms with Crippen molar-refractivity contribution in [1.29, 1.82) is 0 Å². The number of likely N-dealkylation sites (N-methyl/N-ethyl adjacent to an activating group) is 1. The minimum atomic E-state index is 0.292. The molecule has 0 fully saturated rings. The highest BCUT2D eigenvalue weighted by molar-refractivity contribution is 5.41. The lowest BCUT2D eigenvalue weighted by molar-refractivity contribution is 0.213. The van der Waals surface area contributed by atoms with Gasteiger partial charge in [0, 0.05) is 12.6 Å². The van der Waals surface area contributed by atoms with E-state index < -0.39 is 0 Å². The van der Waals surface area contributed by atoms with Crippen molar-refractivity contribution >= 4 is 0 Å². The van der Waals surface area contributed by atoms with Gasteiger partial charge in [-0.15, -0.1) is 0 Å². The lowest BCUT2D eigenvalue weighted by Gasteiger charge is -2.23. The molecule has 62 heavy (non-hydrogen) atoms. The van der Waals surface area contributed by atoms with Gasteiger partial charge in [-0.1, -0.05) is 271 Å². The first-order chi connectivity index (χ1) is 30.6. The predicted octanol–water partition coefficient (Wildman–Crippen LogP) is 19.9. The van der Waals surface area contributed by atoms with Crippen LogP contribution in [-0.4, -0.2) is 31.7 Å². The Labute approximate surface area is 389 Å². The summed E-state index contributed by atoms with van der Waals surface area (Å²) < 4.78 is 13.7. The van der Waals surface area contributed by atoms with Crippen molar-refractivity contribution in [2.24, 2.45) is 11.8 Å². The quantitative estimate of drug-likeness (QED) is 0.0481. The van der Waals surface area contributed by atoms with Gasteiger partial charge in [0.05, 0.1) is 19.3 Å². The van der Waals surface area contributed by atoms with Gasteiger partial charge >= 0.3 is 0 Å². The highest BCUT2D eigenvalue weighted by Crippen LogP contribution is 2.34. The highest BCUT2D eigenvalue weighted by Gasteiger charge is 2.21. The maximum atomic E-state index is 6.86. The summed E-state index contributed by atoms with van der Waals surface area (Å²) in [5.41, 5.74) is 1.32. The van der Waals surface area contributed by atoms with Crippen molar-refractivity contribution in [2.45, 2.75) is 291 Å². The molecular formula is C59H109NO2. The lowest BCUT2D eigenvalue weighted by Crippen LogP contribution is -2.19. The Balaban J connectivity index is 2.02. The number of hydrogen-bond donors (Lipinski definition) is 0. The smallest absolute Gasteiger partial charge is 0.123 e. The number of nitrogens with zero attached hydrogens (tertiary/aromatic N) is 1. The number of unbranched alkanes of at least 4 members (excludes halogenated alkanes) is 32. The van der Waals surface area contributed by atoms with E-state index in [1.165, 1.54) is 262 Å². The third-order valence-electron chi connectivity index (χ3n) is 14.3. The largest absolute Gasteiger partial charge is 0.493 e. The fraction of sp³-hybridized carbons (Fsp3) is 0.864. The van der Waals surface area contributed by atoms with Crippen LogP contribution in [0.25, 0.3) is 0 Å². The molecule has 1 aromatic rings. The van der Waals surface area contributed by atoms with Crippen LogP contribution in [0.15, 0.2) is 30.4 Å². The maximum absolute atomic E-state index is 6.86. The normalized spacial score (nSPS) is 15.1. The minimum Gasteiger partial charge on any atom is -0.493 e. The molecular weight excluding hydrogens is 755 g/mol. The van der Waals surface area contributed by atoms with E-state index in [2.05, 4.69) is 70.0 Å². The summed E-state index contributed by atoms with van der Waals surface area (Å²) in [6.45, 7) is 12.0. The number of rotatable bonds is 47. The molecule has 0 amide bonds. The molecule has 0 saturated carbocycles. The van der Waals surface area contributed by atoms with E-state index in [0.29, 0.717) is 17.9 Å². The Bertz CT molecular complexity index is 1050. The summed E-state index contributed by atoms with van der Waals surface area (Å²) in [6.07, 6.45) is 60.3. The highest BCUT2D eigenvalue weighted by atomic mass is 16.5. The fourth-order valence-corrected chi connectivity index (χ4v) is 9.94. The van der Waals surface area contributed by atoms with Crippen LogP contribution in [0.5, 0.6) is 11.5 Å². The lowest BCUT2D eigenvalue weighted by atomic mass is 9.94. The second-order valence-corrected chi connectivity index (χ2v) is 20.4. The monoisotopic (exact) mass is 864 g/mol. The van der Waals surface area contributed by atoms with Crippen molar-refractivity contribution in [2.75, 3.05) is 26.8 Å². The first kappa shape index (κ1) is 56.6. The Kier molecular flexibility index (Phi) is 38.5. The molecule has 3 heteroatoms. The molecule has 1 aliphatic heterocycles. The molecule has 0 saturated heterocycles. The molecule has 1 heterocycles. The van der Waals surface area contributed by atoms with Crippen LogP contribution in [-0.2, 0) is 0 Å². The Hall–Kier alpha value is -1.48. The molecule has 0 spiro atoms. The third kappa shape index (κ3) is 31.4. The molecule has 0 aromatic heterocycles. The van der Waals surface area contributed by atoms with Gasteiger partial charge in [0.15, 0.2) is 0 Å². The molecule has 0 radical (unpaired) electrons. The van der Waals surface area contributed by atoms with E-state index in [4.69, 9.17) is 9.47 Å². The van der Waals surface area contributed by atoms with E-state index in [-0.39, 0.29) is 0 Å². The van der Waals surface area contributed by atoms with Crippen LogP contribution in [0.4, 0.5) is 0 Å². The Morgan fingerprint density at radius 2 is 0.677 bits per heavy atom. The number of hydrogen-bond acceptors (Lipinski definition) is 3. The minimum absolute atomic E-state index is 0.292. The second-order valence-electron chi connectivity index (χ2n) is 20.4. The zero-order valence-corrected chi connectivity index (χ0v) is 42.8. The van der Waals surface area contributed by atoms with E-state index in [0.717, 1.165) is 31.3 Å². The summed E-state index contributed by atoms with van der Waals surface area (Å²) in [5.74, 6) is 3.32. The van der Waals surface area contributed by atoms with Gasteiger partial charge in [-0.2, -0.15) is 0 Å². The topological polar surface area (TPSA) is 21.7 Å². The van der Waals surface area contributed by atoms with Gasteiger partial charge in [-0.3, -0.25) is 4.90 Å². The predicted molar refractivity (Wildman–Crippen MR) is 276 cm³/mol. The summed E-state index contributed by atoms with van der Waals surface area (Å²) in [7, 11) is 2.25. The number of benzene rings is 1. The van der Waals surface area contributed by atoms with Gasteiger partial charge in [0.2, 0.25) is 0 Å². The first-order valence-electron chi connectivity index (χ1n) is 28.4. The van der Waals surface area contributed by atoms with Crippen molar-refractivity contribution in [3.63, 3.8) is 0 Å². The zero-order chi connectivity index (χ0) is 44.4. The molecule has 0 N–H and O–H groups in total. The van der Waals surface area contributed by atoms with Crippen molar-refractivity contribution in [3.8, 4) is 11.5 Å². The fourth-order valence-electron chi connectivity index (χ4n) is 9.94. The second kappa shape index (κ2) is 42.2. The van der Waals surface area contributed by atoms with Crippen molar-refractivity contribution in [3.05, 3.63) is 35.9 Å². The zero-order valence-electron chi connectivity index (χ0n) is 42.8. The van der Waals surface area contributed by atoms with E-state index in [1.54, 1.807) is 0 Å². The van der Waals surface area contributed by atoms with Crippen molar-refractivity contribution < 1.29 is 9.47 Å². The molecule has 0 bridgehead atoms. The molecule has 2 rings (SSSR count). The summed E-state index contributed by atoms with van der Waals surface area (Å²) in [6, 6.07) is 7.20. The summed E-state index contributed by atoms with van der Waals surface area (Å²) in [4.78, 5) is 2.44. The molecule has 1 aromatic carbocycles. The van der Waals surface area contributed by atoms with Crippen LogP contribution in [0.3, 0.4) is 0 Å². The molecule has 3 unspecified atom stereocenters. The van der Waals surface area contributed by atoms with Crippen LogP contribution in [0, 0.1) is 11.8 Å². The van der Waals surface area contributed by atoms with Gasteiger partial charge in [-0.05, 0) is 62.3 Å². The van der Waals surface area contributed by atoms with Gasteiger partial charge in [-0.25, -0.2) is 0 Å². The first-order valence-corrected chi connectivity index (χ1v) is 28.4. The van der Waals surface area contributed by atoms with Gasteiger partial charge in [0.1, 0.15) is 11.5 Å². The van der Waals surface area contributed by atoms with Crippen LogP contribution < -0.4 is 9.47 Å². The maximum Gasteiger partial charge on any atom is 0.123 e. The third-order valence-corrected chi connectivity index (χ3v) is 14.3. The molecule has 3 nitrogen and oxygen atoms in total. The molecule has 1 aliphatic rings. The van der Waals surface area contributed by atoms with Crippen LogP contribution in [0.2, 0.25) is 0 Å². The Morgan fingerprint density at radius 3 is 0.935 bits per heavy atom. The van der Waals surface area contributed by atoms with E-state index >= 15 is 0 Å². The van der Waals surface area contributed by atoms with E-state index in [1.807, 2.05) is 0 Å². The summed E-state index contributed by atoms with van der Waals surface area (Å²) in [5, 5.41) is 0. The van der Waals surface area contributed by atoms with Crippen LogP contribution >= 0.6 is 0 Å². The average molecular weight is 865 g/mol.